The lowest BCUT2D eigenvalue weighted by atomic mass is 9.88. The summed E-state index contributed by atoms with van der Waals surface area (Å²) in [5, 5.41) is 3.05. The lowest BCUT2D eigenvalue weighted by molar-refractivity contribution is -0.120. The number of hydrogen-bond donors (Lipinski definition) is 1. The van der Waals surface area contributed by atoms with Gasteiger partial charge in [0.05, 0.1) is 5.69 Å². The molecule has 2 aromatic carbocycles. The number of amides is 2. The van der Waals surface area contributed by atoms with Gasteiger partial charge in [0.15, 0.2) is 0 Å². The summed E-state index contributed by atoms with van der Waals surface area (Å²) in [7, 11) is 4.11. The summed E-state index contributed by atoms with van der Waals surface area (Å²) in [5.41, 5.74) is 3.47. The van der Waals surface area contributed by atoms with Gasteiger partial charge in [-0.2, -0.15) is 0 Å². The first-order valence-electron chi connectivity index (χ1n) is 12.9. The maximum absolute atomic E-state index is 15.1. The Labute approximate surface area is 207 Å². The molecule has 2 aliphatic heterocycles. The highest BCUT2D eigenvalue weighted by Crippen LogP contribution is 2.32. The van der Waals surface area contributed by atoms with E-state index in [9.17, 15) is 9.59 Å². The van der Waals surface area contributed by atoms with Crippen molar-refractivity contribution in [3.8, 4) is 0 Å². The third-order valence-corrected chi connectivity index (χ3v) is 7.91. The van der Waals surface area contributed by atoms with Crippen molar-refractivity contribution in [2.24, 2.45) is 5.92 Å². The van der Waals surface area contributed by atoms with Gasteiger partial charge in [-0.05, 0) is 81.7 Å². The highest BCUT2D eigenvalue weighted by atomic mass is 19.1. The van der Waals surface area contributed by atoms with E-state index < -0.39 is 0 Å². The molecule has 7 heteroatoms. The molecule has 1 atom stereocenters. The van der Waals surface area contributed by atoms with Crippen molar-refractivity contribution < 1.29 is 14.0 Å². The van der Waals surface area contributed by atoms with Crippen LogP contribution in [0.2, 0.25) is 0 Å². The van der Waals surface area contributed by atoms with Gasteiger partial charge in [-0.25, -0.2) is 4.39 Å². The first kappa shape index (κ1) is 23.8. The Morgan fingerprint density at radius 1 is 1.03 bits per heavy atom. The molecule has 1 aliphatic carbocycles. The molecule has 3 aliphatic rings. The van der Waals surface area contributed by atoms with Gasteiger partial charge in [0.1, 0.15) is 5.82 Å². The molecule has 2 heterocycles. The minimum Gasteiger partial charge on any atom is -0.368 e. The number of hydrogen-bond acceptors (Lipinski definition) is 4. The van der Waals surface area contributed by atoms with Crippen LogP contribution in [-0.4, -0.2) is 56.5 Å². The fourth-order valence-corrected chi connectivity index (χ4v) is 5.72. The van der Waals surface area contributed by atoms with Crippen molar-refractivity contribution in [2.75, 3.05) is 48.8 Å². The average molecular weight is 479 g/mol. The molecule has 1 N–H and O–H groups in total. The van der Waals surface area contributed by atoms with Gasteiger partial charge < -0.3 is 20.0 Å². The van der Waals surface area contributed by atoms with Gasteiger partial charge in [0.25, 0.3) is 5.91 Å². The van der Waals surface area contributed by atoms with E-state index in [4.69, 9.17) is 0 Å². The fourth-order valence-electron chi connectivity index (χ4n) is 5.72. The maximum atomic E-state index is 15.1. The standard InChI is InChI=1S/C28H35FN4O2/c1-31(2)23-13-14-32(18-23)26-11-9-22(17-25(26)29)33-15-12-20-16-21(8-10-24(20)28(33)35)30-27(34)19-6-4-3-5-7-19/h8-11,16-17,19,23H,3-7,12-15,18H2,1-2H3,(H,30,34)/t23-/m1/s1. The molecule has 5 rings (SSSR count). The monoisotopic (exact) mass is 478 g/mol. The molecular formula is C28H35FN4O2. The Balaban J connectivity index is 1.28. The Morgan fingerprint density at radius 3 is 2.54 bits per heavy atom. The van der Waals surface area contributed by atoms with E-state index in [2.05, 4.69) is 29.2 Å². The molecule has 2 fully saturated rings. The van der Waals surface area contributed by atoms with Gasteiger partial charge in [-0.3, -0.25) is 9.59 Å². The minimum atomic E-state index is -0.290. The molecular weight excluding hydrogens is 443 g/mol. The van der Waals surface area contributed by atoms with E-state index in [1.165, 1.54) is 12.5 Å². The zero-order valence-electron chi connectivity index (χ0n) is 20.7. The Morgan fingerprint density at radius 2 is 1.83 bits per heavy atom. The predicted molar refractivity (Wildman–Crippen MR) is 138 cm³/mol. The van der Waals surface area contributed by atoms with Crippen molar-refractivity contribution >= 4 is 28.9 Å². The number of likely N-dealkylation sites (N-methyl/N-ethyl adjacent to an activating group) is 1. The third kappa shape index (κ3) is 4.92. The van der Waals surface area contributed by atoms with E-state index in [1.807, 2.05) is 12.1 Å². The zero-order valence-corrected chi connectivity index (χ0v) is 20.7. The average Bonchev–Trinajstić information content (AvgIpc) is 3.35. The van der Waals surface area contributed by atoms with Gasteiger partial charge >= 0.3 is 0 Å². The number of halogens is 1. The molecule has 2 amide bonds. The van der Waals surface area contributed by atoms with Crippen molar-refractivity contribution in [3.05, 3.63) is 53.3 Å². The minimum absolute atomic E-state index is 0.0823. The van der Waals surface area contributed by atoms with Crippen LogP contribution in [0.4, 0.5) is 21.5 Å². The second-order valence-electron chi connectivity index (χ2n) is 10.4. The quantitative estimate of drug-likeness (QED) is 0.678. The van der Waals surface area contributed by atoms with Crippen LogP contribution in [0.1, 0.15) is 54.4 Å². The van der Waals surface area contributed by atoms with Crippen LogP contribution in [-0.2, 0) is 11.2 Å². The van der Waals surface area contributed by atoms with Crippen LogP contribution < -0.4 is 15.1 Å². The number of anilines is 3. The Kier molecular flexibility index (Phi) is 6.78. The van der Waals surface area contributed by atoms with Gasteiger partial charge in [-0.15, -0.1) is 0 Å². The molecule has 2 aromatic rings. The normalized spacial score (nSPS) is 20.9. The molecule has 1 saturated carbocycles. The van der Waals surface area contributed by atoms with Crippen LogP contribution in [0.25, 0.3) is 0 Å². The summed E-state index contributed by atoms with van der Waals surface area (Å²) in [5.74, 6) is -0.248. The number of nitrogens with zero attached hydrogens (tertiary/aromatic N) is 3. The van der Waals surface area contributed by atoms with Gasteiger partial charge in [0, 0.05) is 48.5 Å². The number of rotatable bonds is 5. The summed E-state index contributed by atoms with van der Waals surface area (Å²) in [6, 6.07) is 11.1. The molecule has 0 aromatic heterocycles. The van der Waals surface area contributed by atoms with Gasteiger partial charge in [0.2, 0.25) is 5.91 Å². The Hall–Kier alpha value is -2.93. The molecule has 6 nitrogen and oxygen atoms in total. The largest absolute Gasteiger partial charge is 0.368 e. The topological polar surface area (TPSA) is 55.9 Å². The predicted octanol–water partition coefficient (Wildman–Crippen LogP) is 4.69. The van der Waals surface area contributed by atoms with Crippen LogP contribution in [0, 0.1) is 11.7 Å². The molecule has 35 heavy (non-hydrogen) atoms. The summed E-state index contributed by atoms with van der Waals surface area (Å²) in [4.78, 5) is 31.8. The molecule has 0 spiro atoms. The molecule has 1 saturated heterocycles. The second kappa shape index (κ2) is 9.97. The Bertz CT molecular complexity index is 1110. The van der Waals surface area contributed by atoms with Crippen molar-refractivity contribution in [2.45, 2.75) is 51.0 Å². The SMILES string of the molecule is CN(C)[C@@H]1CCN(c2ccc(N3CCc4cc(NC(=O)C5CCCCC5)ccc4C3=O)cc2F)C1. The van der Waals surface area contributed by atoms with Crippen LogP contribution in [0.5, 0.6) is 0 Å². The number of carbonyl (C=O) groups is 2. The first-order valence-corrected chi connectivity index (χ1v) is 12.9. The third-order valence-electron chi connectivity index (χ3n) is 7.91. The summed E-state index contributed by atoms with van der Waals surface area (Å²) in [6.07, 6.45) is 7.02. The summed E-state index contributed by atoms with van der Waals surface area (Å²) < 4.78 is 15.1. The maximum Gasteiger partial charge on any atom is 0.258 e. The fraction of sp³-hybridized carbons (Fsp3) is 0.500. The highest BCUT2D eigenvalue weighted by Gasteiger charge is 2.29. The number of carbonyl (C=O) groups excluding carboxylic acids is 2. The van der Waals surface area contributed by atoms with Crippen LogP contribution in [0.15, 0.2) is 36.4 Å². The number of benzene rings is 2. The van der Waals surface area contributed by atoms with E-state index in [-0.39, 0.29) is 23.5 Å². The van der Waals surface area contributed by atoms with Gasteiger partial charge in [-0.1, -0.05) is 19.3 Å². The summed E-state index contributed by atoms with van der Waals surface area (Å²) >= 11 is 0. The molecule has 0 radical (unpaired) electrons. The van der Waals surface area contributed by atoms with Crippen LogP contribution in [0.3, 0.4) is 0 Å². The molecule has 0 unspecified atom stereocenters. The van der Waals surface area contributed by atoms with Crippen molar-refractivity contribution in [1.82, 2.24) is 4.90 Å². The van der Waals surface area contributed by atoms with E-state index in [0.717, 1.165) is 56.4 Å². The molecule has 186 valence electrons. The first-order chi connectivity index (χ1) is 16.9. The van der Waals surface area contributed by atoms with Crippen molar-refractivity contribution in [3.63, 3.8) is 0 Å². The van der Waals surface area contributed by atoms with Crippen molar-refractivity contribution in [1.29, 1.82) is 0 Å². The lowest BCUT2D eigenvalue weighted by Crippen LogP contribution is -2.38. The number of fused-ring (bicyclic) bond motifs is 1. The van der Waals surface area contributed by atoms with E-state index >= 15 is 4.39 Å². The van der Waals surface area contributed by atoms with E-state index in [1.54, 1.807) is 23.1 Å². The lowest BCUT2D eigenvalue weighted by Gasteiger charge is -2.30. The second-order valence-corrected chi connectivity index (χ2v) is 10.4. The summed E-state index contributed by atoms with van der Waals surface area (Å²) in [6.45, 7) is 2.12. The zero-order chi connectivity index (χ0) is 24.5. The smallest absolute Gasteiger partial charge is 0.258 e. The molecule has 0 bridgehead atoms. The number of nitrogens with one attached hydrogen (secondary N) is 1. The van der Waals surface area contributed by atoms with E-state index in [0.29, 0.717) is 35.9 Å². The van der Waals surface area contributed by atoms with Crippen LogP contribution >= 0.6 is 0 Å². The highest BCUT2D eigenvalue weighted by molar-refractivity contribution is 6.08.